The minimum atomic E-state index is -0.847. The number of anilines is 2. The molecule has 2 heterocycles. The van der Waals surface area contributed by atoms with Gasteiger partial charge in [0.25, 0.3) is 17.6 Å². The molecule has 0 saturated carbocycles. The summed E-state index contributed by atoms with van der Waals surface area (Å²) < 4.78 is 10.9. The van der Waals surface area contributed by atoms with Crippen LogP contribution in [0, 0.1) is 0 Å². The van der Waals surface area contributed by atoms with E-state index in [0.717, 1.165) is 4.57 Å². The second-order valence-corrected chi connectivity index (χ2v) is 4.58. The average molecular weight is 334 g/mol. The molecule has 10 nitrogen and oxygen atoms in total. The smallest absolute Gasteiger partial charge is 0.372 e. The highest BCUT2D eigenvalue weighted by Gasteiger charge is 2.17. The van der Waals surface area contributed by atoms with E-state index in [2.05, 4.69) is 33.4 Å². The minimum absolute atomic E-state index is 0.0187. The molecule has 0 aliphatic heterocycles. The van der Waals surface area contributed by atoms with Gasteiger partial charge < -0.3 is 14.2 Å². The van der Waals surface area contributed by atoms with Crippen LogP contribution in [0.15, 0.2) is 34.6 Å². The third-order valence-corrected chi connectivity index (χ3v) is 2.81. The lowest BCUT2D eigenvalue weighted by Crippen LogP contribution is -2.27. The largest absolute Gasteiger partial charge is 0.462 e. The Balaban J connectivity index is 2.43. The average Bonchev–Trinajstić information content (AvgIpc) is 2.93. The molecule has 0 aliphatic rings. The van der Waals surface area contributed by atoms with Gasteiger partial charge in [-0.15, -0.1) is 18.1 Å². The molecule has 24 heavy (non-hydrogen) atoms. The van der Waals surface area contributed by atoms with Crippen LogP contribution in [0.1, 0.15) is 6.92 Å². The Bertz CT molecular complexity index is 786. The predicted octanol–water partition coefficient (Wildman–Crippen LogP) is 0.231. The van der Waals surface area contributed by atoms with Crippen LogP contribution in [0.3, 0.4) is 0 Å². The summed E-state index contributed by atoms with van der Waals surface area (Å²) in [7, 11) is 0. The molecule has 0 atom stereocenters. The van der Waals surface area contributed by atoms with E-state index in [1.54, 1.807) is 24.0 Å². The maximum absolute atomic E-state index is 11.9. The van der Waals surface area contributed by atoms with Gasteiger partial charge in [-0.3, -0.25) is 10.1 Å². The van der Waals surface area contributed by atoms with Gasteiger partial charge in [0.2, 0.25) is 5.95 Å². The summed E-state index contributed by atoms with van der Waals surface area (Å²) in [6, 6.07) is 0. The Morgan fingerprint density at radius 1 is 1.33 bits per heavy atom. The van der Waals surface area contributed by atoms with E-state index in [9.17, 15) is 9.59 Å². The topological polar surface area (TPSA) is 115 Å². The lowest BCUT2D eigenvalue weighted by atomic mass is 10.4. The van der Waals surface area contributed by atoms with Crippen molar-refractivity contribution in [3.8, 4) is 0 Å². The first kappa shape index (κ1) is 17.3. The zero-order valence-electron chi connectivity index (χ0n) is 13.3. The fourth-order valence-corrected chi connectivity index (χ4v) is 1.85. The van der Waals surface area contributed by atoms with E-state index in [-0.39, 0.29) is 24.3 Å². The first-order chi connectivity index (χ1) is 11.6. The molecule has 0 aliphatic carbocycles. The highest BCUT2D eigenvalue weighted by molar-refractivity contribution is 5.90. The van der Waals surface area contributed by atoms with Gasteiger partial charge in [-0.1, -0.05) is 16.7 Å². The fraction of sp³-hybridized carbons (Fsp3) is 0.357. The van der Waals surface area contributed by atoms with Crippen molar-refractivity contribution < 1.29 is 14.1 Å². The summed E-state index contributed by atoms with van der Waals surface area (Å²) in [6.07, 6.45) is 3.33. The highest BCUT2D eigenvalue weighted by Crippen LogP contribution is 2.13. The van der Waals surface area contributed by atoms with Gasteiger partial charge in [-0.2, -0.15) is 9.97 Å². The Morgan fingerprint density at radius 3 is 2.67 bits per heavy atom. The van der Waals surface area contributed by atoms with Crippen LogP contribution in [0.25, 0.3) is 5.78 Å². The van der Waals surface area contributed by atoms with Gasteiger partial charge in [0, 0.05) is 19.7 Å². The lowest BCUT2D eigenvalue weighted by Gasteiger charge is -2.19. The van der Waals surface area contributed by atoms with E-state index in [1.807, 2.05) is 0 Å². The molecule has 1 N–H and O–H groups in total. The minimum Gasteiger partial charge on any atom is -0.372 e. The number of aromatic nitrogens is 4. The van der Waals surface area contributed by atoms with E-state index in [4.69, 9.17) is 9.26 Å². The van der Waals surface area contributed by atoms with Crippen molar-refractivity contribution in [1.29, 1.82) is 0 Å². The van der Waals surface area contributed by atoms with Crippen molar-refractivity contribution in [1.82, 2.24) is 19.5 Å². The monoisotopic (exact) mass is 334 g/mol. The molecule has 128 valence electrons. The van der Waals surface area contributed by atoms with Crippen LogP contribution < -0.4 is 16.0 Å². The molecule has 0 aromatic carbocycles. The van der Waals surface area contributed by atoms with Crippen molar-refractivity contribution in [3.05, 3.63) is 35.9 Å². The van der Waals surface area contributed by atoms with Gasteiger partial charge in [-0.05, 0) is 6.92 Å². The summed E-state index contributed by atoms with van der Waals surface area (Å²) in [5, 5.41) is 2.51. The van der Waals surface area contributed by atoms with E-state index in [0.29, 0.717) is 19.7 Å². The molecular formula is C14H18N6O4. The van der Waals surface area contributed by atoms with Crippen LogP contribution in [-0.4, -0.2) is 51.7 Å². The van der Waals surface area contributed by atoms with Crippen molar-refractivity contribution in [3.63, 3.8) is 0 Å². The summed E-state index contributed by atoms with van der Waals surface area (Å²) in [5.74, 6) is -1.09. The van der Waals surface area contributed by atoms with Crippen molar-refractivity contribution >= 4 is 23.6 Å². The quantitative estimate of drug-likeness (QED) is 0.648. The van der Waals surface area contributed by atoms with Crippen LogP contribution in [-0.2, 0) is 9.53 Å². The standard InChI is InChI=1S/C14H18N6O4/c1-4-7-19(8-5-2)11-16-12(15-10(21)9-23-6-3)20-13(17-11)18-14(22)24-20/h4-5H,1-2,6-9H2,3H3,(H,15,16,17,18,21,22). The fourth-order valence-electron chi connectivity index (χ4n) is 1.85. The number of ether oxygens (including phenoxy) is 1. The molecule has 2 aromatic heterocycles. The van der Waals surface area contributed by atoms with Gasteiger partial charge in [0.15, 0.2) is 0 Å². The molecular weight excluding hydrogens is 316 g/mol. The third kappa shape index (κ3) is 4.04. The van der Waals surface area contributed by atoms with Gasteiger partial charge in [0.05, 0.1) is 0 Å². The first-order valence-electron chi connectivity index (χ1n) is 7.21. The zero-order chi connectivity index (χ0) is 17.5. The summed E-state index contributed by atoms with van der Waals surface area (Å²) in [5.41, 5.74) is 0. The van der Waals surface area contributed by atoms with E-state index >= 15 is 0 Å². The Labute approximate surface area is 137 Å². The SMILES string of the molecule is C=CCN(CC=C)c1nc(NC(=O)COCC)n2oc(=O)nc2n1. The number of carbonyl (C=O) groups excluding carboxylic acids is 1. The van der Waals surface area contributed by atoms with Crippen molar-refractivity contribution in [2.75, 3.05) is 36.5 Å². The van der Waals surface area contributed by atoms with Crippen LogP contribution in [0.5, 0.6) is 0 Å². The summed E-state index contributed by atoms with van der Waals surface area (Å²) in [4.78, 5) is 37.0. The predicted molar refractivity (Wildman–Crippen MR) is 87.0 cm³/mol. The van der Waals surface area contributed by atoms with E-state index < -0.39 is 11.7 Å². The Hall–Kier alpha value is -3.01. The second kappa shape index (κ2) is 8.02. The number of hydrogen-bond donors (Lipinski definition) is 1. The van der Waals surface area contributed by atoms with Crippen LogP contribution >= 0.6 is 0 Å². The van der Waals surface area contributed by atoms with E-state index in [1.165, 1.54) is 0 Å². The molecule has 0 saturated heterocycles. The Kier molecular flexibility index (Phi) is 5.79. The van der Waals surface area contributed by atoms with Gasteiger partial charge in [0.1, 0.15) is 6.61 Å². The zero-order valence-corrected chi connectivity index (χ0v) is 13.3. The summed E-state index contributed by atoms with van der Waals surface area (Å²) in [6.45, 7) is 10.2. The first-order valence-corrected chi connectivity index (χ1v) is 7.21. The molecule has 2 aromatic rings. The molecule has 10 heteroatoms. The number of fused-ring (bicyclic) bond motifs is 1. The molecule has 0 radical (unpaired) electrons. The van der Waals surface area contributed by atoms with Gasteiger partial charge in [-0.25, -0.2) is 4.79 Å². The van der Waals surface area contributed by atoms with Crippen molar-refractivity contribution in [2.24, 2.45) is 0 Å². The maximum atomic E-state index is 11.9. The number of nitrogens with zero attached hydrogens (tertiary/aromatic N) is 5. The van der Waals surface area contributed by atoms with Crippen LogP contribution in [0.2, 0.25) is 0 Å². The summed E-state index contributed by atoms with van der Waals surface area (Å²) >= 11 is 0. The molecule has 0 fully saturated rings. The normalized spacial score (nSPS) is 10.5. The number of amides is 1. The van der Waals surface area contributed by atoms with Crippen LogP contribution in [0.4, 0.5) is 11.9 Å². The maximum Gasteiger partial charge on any atom is 0.462 e. The van der Waals surface area contributed by atoms with Gasteiger partial charge >= 0.3 is 5.76 Å². The number of carbonyl (C=O) groups is 1. The lowest BCUT2D eigenvalue weighted by molar-refractivity contribution is -0.120. The molecule has 0 bridgehead atoms. The molecule has 0 spiro atoms. The Morgan fingerprint density at radius 2 is 2.04 bits per heavy atom. The second-order valence-electron chi connectivity index (χ2n) is 4.58. The molecule has 2 rings (SSSR count). The highest BCUT2D eigenvalue weighted by atomic mass is 16.5. The number of hydrogen-bond acceptors (Lipinski definition) is 8. The number of rotatable bonds is 9. The van der Waals surface area contributed by atoms with Crippen molar-refractivity contribution in [2.45, 2.75) is 6.92 Å². The third-order valence-electron chi connectivity index (χ3n) is 2.81. The molecule has 0 unspecified atom stereocenters. The number of nitrogens with one attached hydrogen (secondary N) is 1. The molecule has 1 amide bonds.